The first-order chi connectivity index (χ1) is 13.6. The summed E-state index contributed by atoms with van der Waals surface area (Å²) in [4.78, 5) is 17.6. The minimum atomic E-state index is -0.323. The fourth-order valence-electron chi connectivity index (χ4n) is 2.59. The molecule has 0 aliphatic carbocycles. The molecule has 2 heterocycles. The van der Waals surface area contributed by atoms with Crippen LogP contribution in [0, 0.1) is 6.92 Å². The highest BCUT2D eigenvalue weighted by molar-refractivity contribution is 6.31. The number of carbonyl (C=O) groups is 1. The van der Waals surface area contributed by atoms with Crippen LogP contribution in [0.2, 0.25) is 5.02 Å². The van der Waals surface area contributed by atoms with Gasteiger partial charge < -0.3 is 5.32 Å². The van der Waals surface area contributed by atoms with Crippen LogP contribution >= 0.6 is 11.6 Å². The van der Waals surface area contributed by atoms with Crippen LogP contribution in [0.3, 0.4) is 0 Å². The standard InChI is InChI=1S/C18H15ClN8O/c1-12-2-4-13(5-3-12)18-23-25-27(24-18)9-17(28)22-15-8-14(19)6-7-16(15)26-11-20-10-21-26/h2-8,10-11H,9H2,1H3,(H,22,28). The van der Waals surface area contributed by atoms with E-state index in [4.69, 9.17) is 11.6 Å². The van der Waals surface area contributed by atoms with E-state index in [0.29, 0.717) is 22.2 Å². The summed E-state index contributed by atoms with van der Waals surface area (Å²) >= 11 is 6.07. The van der Waals surface area contributed by atoms with E-state index in [1.54, 1.807) is 18.2 Å². The minimum Gasteiger partial charge on any atom is -0.322 e. The predicted molar refractivity (Wildman–Crippen MR) is 103 cm³/mol. The fraction of sp³-hybridized carbons (Fsp3) is 0.111. The molecule has 28 heavy (non-hydrogen) atoms. The van der Waals surface area contributed by atoms with Gasteiger partial charge in [0.05, 0.1) is 11.4 Å². The molecule has 2 aromatic carbocycles. The van der Waals surface area contributed by atoms with Gasteiger partial charge >= 0.3 is 0 Å². The normalized spacial score (nSPS) is 10.8. The third-order valence-corrected chi connectivity index (χ3v) is 4.18. The van der Waals surface area contributed by atoms with Gasteiger partial charge in [-0.2, -0.15) is 9.90 Å². The molecular weight excluding hydrogens is 380 g/mol. The molecule has 0 saturated heterocycles. The van der Waals surface area contributed by atoms with Gasteiger partial charge in [0.15, 0.2) is 0 Å². The lowest BCUT2D eigenvalue weighted by atomic mass is 10.1. The molecule has 2 aromatic heterocycles. The maximum absolute atomic E-state index is 12.5. The number of anilines is 1. The van der Waals surface area contributed by atoms with Gasteiger partial charge in [0.1, 0.15) is 19.2 Å². The Kier molecular flexibility index (Phi) is 4.81. The second kappa shape index (κ2) is 7.57. The van der Waals surface area contributed by atoms with Crippen molar-refractivity contribution in [3.8, 4) is 17.1 Å². The van der Waals surface area contributed by atoms with Crippen LogP contribution in [-0.4, -0.2) is 40.9 Å². The highest BCUT2D eigenvalue weighted by Crippen LogP contribution is 2.24. The summed E-state index contributed by atoms with van der Waals surface area (Å²) in [7, 11) is 0. The molecule has 0 radical (unpaired) electrons. The Hall–Kier alpha value is -3.59. The van der Waals surface area contributed by atoms with E-state index in [-0.39, 0.29) is 12.5 Å². The van der Waals surface area contributed by atoms with Gasteiger partial charge in [0.2, 0.25) is 11.7 Å². The van der Waals surface area contributed by atoms with Crippen molar-refractivity contribution < 1.29 is 4.79 Å². The Bertz CT molecular complexity index is 1110. The highest BCUT2D eigenvalue weighted by Gasteiger charge is 2.13. The van der Waals surface area contributed by atoms with Gasteiger partial charge in [-0.3, -0.25) is 4.79 Å². The Morgan fingerprint density at radius 1 is 1.18 bits per heavy atom. The molecule has 140 valence electrons. The second-order valence-electron chi connectivity index (χ2n) is 6.06. The predicted octanol–water partition coefficient (Wildman–Crippen LogP) is 2.52. The van der Waals surface area contributed by atoms with Crippen molar-refractivity contribution in [1.82, 2.24) is 35.0 Å². The van der Waals surface area contributed by atoms with Crippen molar-refractivity contribution in [2.45, 2.75) is 13.5 Å². The Labute approximate surface area is 165 Å². The molecule has 0 spiro atoms. The van der Waals surface area contributed by atoms with E-state index in [9.17, 15) is 4.79 Å². The molecule has 4 rings (SSSR count). The molecule has 9 nitrogen and oxygen atoms in total. The summed E-state index contributed by atoms with van der Waals surface area (Å²) in [6.45, 7) is 1.91. The molecule has 4 aromatic rings. The zero-order valence-electron chi connectivity index (χ0n) is 14.8. The molecule has 0 atom stereocenters. The number of nitrogens with zero attached hydrogens (tertiary/aromatic N) is 7. The van der Waals surface area contributed by atoms with Crippen LogP contribution in [0.15, 0.2) is 55.1 Å². The number of benzene rings is 2. The quantitative estimate of drug-likeness (QED) is 0.557. The first-order valence-electron chi connectivity index (χ1n) is 8.38. The average molecular weight is 395 g/mol. The van der Waals surface area contributed by atoms with Gasteiger partial charge in [-0.25, -0.2) is 9.67 Å². The molecule has 10 heteroatoms. The lowest BCUT2D eigenvalue weighted by Crippen LogP contribution is -2.21. The van der Waals surface area contributed by atoms with E-state index >= 15 is 0 Å². The summed E-state index contributed by atoms with van der Waals surface area (Å²) in [6.07, 6.45) is 2.94. The van der Waals surface area contributed by atoms with E-state index in [1.165, 1.54) is 22.1 Å². The number of tetrazole rings is 1. The number of nitrogens with one attached hydrogen (secondary N) is 1. The molecule has 1 N–H and O–H groups in total. The highest BCUT2D eigenvalue weighted by atomic mass is 35.5. The topological polar surface area (TPSA) is 103 Å². The van der Waals surface area contributed by atoms with Crippen molar-refractivity contribution in [1.29, 1.82) is 0 Å². The Morgan fingerprint density at radius 2 is 2.00 bits per heavy atom. The summed E-state index contributed by atoms with van der Waals surface area (Å²) in [5.41, 5.74) is 3.12. The molecule has 1 amide bonds. The maximum Gasteiger partial charge on any atom is 0.248 e. The lowest BCUT2D eigenvalue weighted by molar-refractivity contribution is -0.117. The van der Waals surface area contributed by atoms with Crippen molar-refractivity contribution in [3.05, 3.63) is 65.7 Å². The van der Waals surface area contributed by atoms with Gasteiger partial charge in [-0.1, -0.05) is 41.4 Å². The first-order valence-corrected chi connectivity index (χ1v) is 8.75. The average Bonchev–Trinajstić information content (AvgIpc) is 3.35. The van der Waals surface area contributed by atoms with Gasteiger partial charge in [-0.15, -0.1) is 10.2 Å². The van der Waals surface area contributed by atoms with Crippen LogP contribution in [0.5, 0.6) is 0 Å². The number of rotatable bonds is 5. The number of carbonyl (C=O) groups excluding carboxylic acids is 1. The number of amides is 1. The third kappa shape index (κ3) is 3.89. The number of halogens is 1. The van der Waals surface area contributed by atoms with E-state index in [1.807, 2.05) is 31.2 Å². The Morgan fingerprint density at radius 3 is 2.75 bits per heavy atom. The monoisotopic (exact) mass is 394 g/mol. The lowest BCUT2D eigenvalue weighted by Gasteiger charge is -2.11. The largest absolute Gasteiger partial charge is 0.322 e. The molecule has 0 bridgehead atoms. The van der Waals surface area contributed by atoms with E-state index < -0.39 is 0 Å². The Balaban J connectivity index is 1.50. The van der Waals surface area contributed by atoms with Crippen molar-refractivity contribution in [2.75, 3.05) is 5.32 Å². The van der Waals surface area contributed by atoms with E-state index in [0.717, 1.165) is 11.1 Å². The number of aromatic nitrogens is 7. The van der Waals surface area contributed by atoms with Crippen molar-refractivity contribution in [3.63, 3.8) is 0 Å². The molecule has 0 saturated carbocycles. The molecule has 0 fully saturated rings. The second-order valence-corrected chi connectivity index (χ2v) is 6.50. The number of aryl methyl sites for hydroxylation is 1. The zero-order valence-corrected chi connectivity index (χ0v) is 15.6. The smallest absolute Gasteiger partial charge is 0.248 e. The summed E-state index contributed by atoms with van der Waals surface area (Å²) in [5.74, 6) is 0.135. The van der Waals surface area contributed by atoms with E-state index in [2.05, 4.69) is 30.8 Å². The van der Waals surface area contributed by atoms with Crippen LogP contribution in [0.25, 0.3) is 17.1 Å². The van der Waals surface area contributed by atoms with Crippen LogP contribution in [0.4, 0.5) is 5.69 Å². The molecular formula is C18H15ClN8O. The van der Waals surface area contributed by atoms with Gasteiger partial charge in [0.25, 0.3) is 0 Å². The minimum absolute atomic E-state index is 0.0951. The molecule has 0 aliphatic rings. The van der Waals surface area contributed by atoms with Crippen molar-refractivity contribution >= 4 is 23.2 Å². The summed E-state index contributed by atoms with van der Waals surface area (Å²) in [5, 5.41) is 19.6. The van der Waals surface area contributed by atoms with Crippen LogP contribution < -0.4 is 5.32 Å². The molecule has 0 unspecified atom stereocenters. The maximum atomic E-state index is 12.5. The van der Waals surface area contributed by atoms with Crippen LogP contribution in [-0.2, 0) is 11.3 Å². The van der Waals surface area contributed by atoms with Crippen LogP contribution in [0.1, 0.15) is 5.56 Å². The zero-order chi connectivity index (χ0) is 19.5. The number of hydrogen-bond donors (Lipinski definition) is 1. The fourth-order valence-corrected chi connectivity index (χ4v) is 2.76. The first kappa shape index (κ1) is 17.8. The SMILES string of the molecule is Cc1ccc(-c2nnn(CC(=O)Nc3cc(Cl)ccc3-n3cncn3)n2)cc1. The third-order valence-electron chi connectivity index (χ3n) is 3.95. The van der Waals surface area contributed by atoms with Gasteiger partial charge in [-0.05, 0) is 30.3 Å². The molecule has 0 aliphatic heterocycles. The summed E-state index contributed by atoms with van der Waals surface area (Å²) < 4.78 is 1.54. The number of hydrogen-bond acceptors (Lipinski definition) is 6. The van der Waals surface area contributed by atoms with Gasteiger partial charge in [0, 0.05) is 10.6 Å². The summed E-state index contributed by atoms with van der Waals surface area (Å²) in [6, 6.07) is 12.8. The van der Waals surface area contributed by atoms with Crippen molar-refractivity contribution in [2.24, 2.45) is 0 Å².